The van der Waals surface area contributed by atoms with Crippen LogP contribution in [0.25, 0.3) is 0 Å². The lowest BCUT2D eigenvalue weighted by molar-refractivity contribution is 0.0226. The van der Waals surface area contributed by atoms with Crippen LogP contribution in [0, 0.1) is 5.92 Å². The summed E-state index contributed by atoms with van der Waals surface area (Å²) in [5.74, 6) is 0.675. The van der Waals surface area contributed by atoms with E-state index >= 15 is 0 Å². The first kappa shape index (κ1) is 28.5. The molecule has 0 aromatic rings. The number of hydrogen-bond donors (Lipinski definition) is 0. The van der Waals surface area contributed by atoms with Gasteiger partial charge in [-0.15, -0.1) is 0 Å². The second kappa shape index (κ2) is 10.6. The summed E-state index contributed by atoms with van der Waals surface area (Å²) < 4.78 is 0. The van der Waals surface area contributed by atoms with Gasteiger partial charge in [-0.1, -0.05) is 13.5 Å². The molecule has 0 saturated carbocycles. The minimum absolute atomic E-state index is 0.253. The second-order valence-corrected chi connectivity index (χ2v) is 13.3. The van der Waals surface area contributed by atoms with Crippen molar-refractivity contribution in [2.24, 2.45) is 5.92 Å². The molecule has 3 fully saturated rings. The Hall–Kier alpha value is -0.540. The highest BCUT2D eigenvalue weighted by atomic mass is 15.3. The van der Waals surface area contributed by atoms with Gasteiger partial charge in [-0.05, 0) is 122 Å². The average Bonchev–Trinajstić information content (AvgIpc) is 3.22. The van der Waals surface area contributed by atoms with Gasteiger partial charge in [-0.25, -0.2) is 0 Å². The molecule has 3 aliphatic heterocycles. The molecule has 184 valence electrons. The molecule has 3 saturated heterocycles. The zero-order valence-corrected chi connectivity index (χ0v) is 23.6. The Morgan fingerprint density at radius 2 is 1.00 bits per heavy atom. The van der Waals surface area contributed by atoms with Crippen LogP contribution in [0.15, 0.2) is 12.3 Å². The molecular weight excluding hydrogens is 378 g/mol. The van der Waals surface area contributed by atoms with E-state index < -0.39 is 0 Å². The third-order valence-corrected chi connectivity index (χ3v) is 7.52. The second-order valence-electron chi connectivity index (χ2n) is 13.3. The van der Waals surface area contributed by atoms with E-state index in [2.05, 4.69) is 111 Å². The Kier molecular flexibility index (Phi) is 9.74. The molecule has 0 bridgehead atoms. The van der Waals surface area contributed by atoms with Gasteiger partial charge in [0.15, 0.2) is 0 Å². The third kappa shape index (κ3) is 7.77. The standard InChI is InChI=1S/C10H19N.2C9H19N/c1-7-8(2)11(9(7)3)10(4,5)6;2*1-8-6-5-7-10(8)9(2,3)4/h7,9H,2H2,1,3-6H3;2*8H,5-7H2,1-4H3. The van der Waals surface area contributed by atoms with Crippen LogP contribution in [-0.4, -0.2) is 62.5 Å². The fourth-order valence-corrected chi connectivity index (χ4v) is 5.80. The third-order valence-electron chi connectivity index (χ3n) is 7.52. The fourth-order valence-electron chi connectivity index (χ4n) is 5.80. The molecule has 4 atom stereocenters. The predicted octanol–water partition coefficient (Wildman–Crippen LogP) is 7.18. The number of hydrogen-bond acceptors (Lipinski definition) is 3. The molecule has 0 spiro atoms. The van der Waals surface area contributed by atoms with Gasteiger partial charge >= 0.3 is 0 Å². The van der Waals surface area contributed by atoms with Crippen molar-refractivity contribution in [2.45, 2.75) is 150 Å². The summed E-state index contributed by atoms with van der Waals surface area (Å²) in [6, 6.07) is 2.28. The highest BCUT2D eigenvalue weighted by Crippen LogP contribution is 2.40. The largest absolute Gasteiger partial charge is 0.367 e. The van der Waals surface area contributed by atoms with Crippen LogP contribution in [0.5, 0.6) is 0 Å². The predicted molar refractivity (Wildman–Crippen MR) is 140 cm³/mol. The van der Waals surface area contributed by atoms with E-state index in [1.165, 1.54) is 44.5 Å². The van der Waals surface area contributed by atoms with Crippen LogP contribution >= 0.6 is 0 Å². The Balaban J connectivity index is 0.000000233. The summed E-state index contributed by atoms with van der Waals surface area (Å²) in [5, 5.41) is 0. The van der Waals surface area contributed by atoms with Gasteiger partial charge < -0.3 is 4.90 Å². The van der Waals surface area contributed by atoms with Crippen LogP contribution in [0.2, 0.25) is 0 Å². The van der Waals surface area contributed by atoms with E-state index in [1.54, 1.807) is 0 Å². The highest BCUT2D eigenvalue weighted by molar-refractivity contribution is 5.17. The van der Waals surface area contributed by atoms with Crippen molar-refractivity contribution in [3.05, 3.63) is 12.3 Å². The van der Waals surface area contributed by atoms with Crippen molar-refractivity contribution < 1.29 is 0 Å². The molecule has 4 unspecified atom stereocenters. The molecule has 31 heavy (non-hydrogen) atoms. The molecule has 0 amide bonds. The van der Waals surface area contributed by atoms with Crippen molar-refractivity contribution >= 4 is 0 Å². The van der Waals surface area contributed by atoms with Gasteiger partial charge in [0.25, 0.3) is 0 Å². The van der Waals surface area contributed by atoms with Crippen molar-refractivity contribution in [3.63, 3.8) is 0 Å². The molecule has 3 heteroatoms. The van der Waals surface area contributed by atoms with Crippen LogP contribution in [-0.2, 0) is 0 Å². The van der Waals surface area contributed by atoms with Crippen LogP contribution in [0.4, 0.5) is 0 Å². The molecule has 3 rings (SSSR count). The van der Waals surface area contributed by atoms with Crippen molar-refractivity contribution in [1.29, 1.82) is 0 Å². The molecule has 0 N–H and O–H groups in total. The topological polar surface area (TPSA) is 9.72 Å². The fraction of sp³-hybridized carbons (Fsp3) is 0.929. The first-order valence-electron chi connectivity index (χ1n) is 12.9. The van der Waals surface area contributed by atoms with Gasteiger partial charge in [0.1, 0.15) is 0 Å². The molecule has 0 aromatic carbocycles. The maximum absolute atomic E-state index is 4.07. The lowest BCUT2D eigenvalue weighted by Gasteiger charge is -2.56. The van der Waals surface area contributed by atoms with Gasteiger partial charge in [0.05, 0.1) is 0 Å². The quantitative estimate of drug-likeness (QED) is 0.399. The summed E-state index contributed by atoms with van der Waals surface area (Å²) in [4.78, 5) is 7.58. The Labute approximate surface area is 196 Å². The van der Waals surface area contributed by atoms with E-state index in [1.807, 2.05) is 0 Å². The molecule has 3 aliphatic rings. The highest BCUT2D eigenvalue weighted by Gasteiger charge is 2.41. The van der Waals surface area contributed by atoms with E-state index in [0.29, 0.717) is 23.0 Å². The van der Waals surface area contributed by atoms with E-state index in [4.69, 9.17) is 0 Å². The van der Waals surface area contributed by atoms with Gasteiger partial charge in [-0.2, -0.15) is 0 Å². The maximum atomic E-state index is 4.07. The lowest BCUT2D eigenvalue weighted by Crippen LogP contribution is -2.58. The summed E-state index contributed by atoms with van der Waals surface area (Å²) in [6.07, 6.45) is 5.55. The van der Waals surface area contributed by atoms with Crippen molar-refractivity contribution in [3.8, 4) is 0 Å². The van der Waals surface area contributed by atoms with Crippen LogP contribution in [0.3, 0.4) is 0 Å². The van der Waals surface area contributed by atoms with Crippen molar-refractivity contribution in [2.75, 3.05) is 13.1 Å². The number of nitrogens with zero attached hydrogens (tertiary/aromatic N) is 3. The normalized spacial score (nSPS) is 30.4. The first-order chi connectivity index (χ1) is 13.9. The smallest absolute Gasteiger partial charge is 0.0343 e. The number of rotatable bonds is 0. The maximum Gasteiger partial charge on any atom is 0.0343 e. The molecular formula is C28H57N3. The molecule has 3 heterocycles. The van der Waals surface area contributed by atoms with Gasteiger partial charge in [-0.3, -0.25) is 9.80 Å². The summed E-state index contributed by atoms with van der Waals surface area (Å²) in [5.41, 5.74) is 2.32. The minimum atomic E-state index is 0.253. The van der Waals surface area contributed by atoms with Crippen LogP contribution in [0.1, 0.15) is 116 Å². The Morgan fingerprint density at radius 1 is 0.645 bits per heavy atom. The monoisotopic (exact) mass is 435 g/mol. The average molecular weight is 436 g/mol. The van der Waals surface area contributed by atoms with E-state index in [-0.39, 0.29) is 5.54 Å². The Bertz CT molecular complexity index is 530. The first-order valence-corrected chi connectivity index (χ1v) is 12.9. The van der Waals surface area contributed by atoms with Gasteiger partial charge in [0.2, 0.25) is 0 Å². The zero-order chi connectivity index (χ0) is 24.4. The summed E-state index contributed by atoms with van der Waals surface area (Å²) >= 11 is 0. The molecule has 0 radical (unpaired) electrons. The summed E-state index contributed by atoms with van der Waals surface area (Å²) in [6.45, 7) is 36.3. The van der Waals surface area contributed by atoms with E-state index in [0.717, 1.165) is 12.1 Å². The van der Waals surface area contributed by atoms with Crippen molar-refractivity contribution in [1.82, 2.24) is 14.7 Å². The summed E-state index contributed by atoms with van der Waals surface area (Å²) in [7, 11) is 0. The van der Waals surface area contributed by atoms with E-state index in [9.17, 15) is 0 Å². The Morgan fingerprint density at radius 3 is 1.13 bits per heavy atom. The zero-order valence-electron chi connectivity index (χ0n) is 23.6. The molecule has 0 aromatic heterocycles. The SMILES string of the molecule is C=C1C(C)C(C)N1C(C)(C)C.CC1CCCN1C(C)(C)C.CC1CCCN1C(C)(C)C. The molecule has 0 aliphatic carbocycles. The minimum Gasteiger partial charge on any atom is -0.367 e. The number of likely N-dealkylation sites (tertiary alicyclic amines) is 3. The van der Waals surface area contributed by atoms with Crippen LogP contribution < -0.4 is 0 Å². The molecule has 3 nitrogen and oxygen atoms in total. The van der Waals surface area contributed by atoms with Gasteiger partial charge in [0, 0.05) is 46.4 Å². The lowest BCUT2D eigenvalue weighted by atomic mass is 9.83.